The Hall–Kier alpha value is -2.54. The molecule has 0 aliphatic carbocycles. The van der Waals surface area contributed by atoms with Crippen LogP contribution < -0.4 is 10.4 Å². The molecule has 0 N–H and O–H groups in total. The van der Waals surface area contributed by atoms with Crippen molar-refractivity contribution in [3.63, 3.8) is 0 Å². The van der Waals surface area contributed by atoms with Crippen molar-refractivity contribution in [2.24, 2.45) is 0 Å². The largest absolute Gasteiger partial charge is 0.482 e. The van der Waals surface area contributed by atoms with Gasteiger partial charge in [-0.1, -0.05) is 11.6 Å². The Bertz CT molecular complexity index is 967. The Morgan fingerprint density at radius 3 is 2.74 bits per heavy atom. The van der Waals surface area contributed by atoms with Crippen molar-refractivity contribution in [2.45, 2.75) is 32.7 Å². The first-order valence-corrected chi connectivity index (χ1v) is 8.95. The molecule has 2 aromatic rings. The number of fused-ring (bicyclic) bond motifs is 1. The molecular formula is C19H20ClNO6. The van der Waals surface area contributed by atoms with Crippen LogP contribution in [0.3, 0.4) is 0 Å². The number of likely N-dealkylation sites (tertiary alicyclic amines) is 1. The van der Waals surface area contributed by atoms with Gasteiger partial charge in [-0.15, -0.1) is 0 Å². The van der Waals surface area contributed by atoms with Crippen molar-refractivity contribution in [2.75, 3.05) is 20.3 Å². The smallest absolute Gasteiger partial charge is 0.339 e. The van der Waals surface area contributed by atoms with E-state index < -0.39 is 17.6 Å². The molecule has 1 aliphatic rings. The number of rotatable bonds is 4. The third kappa shape index (κ3) is 3.64. The van der Waals surface area contributed by atoms with Crippen LogP contribution in [0.4, 0.5) is 0 Å². The Morgan fingerprint density at radius 2 is 2.04 bits per heavy atom. The van der Waals surface area contributed by atoms with Crippen molar-refractivity contribution < 1.29 is 23.5 Å². The normalized spacial score (nSPS) is 16.6. The predicted octanol–water partition coefficient (Wildman–Crippen LogP) is 2.61. The van der Waals surface area contributed by atoms with Gasteiger partial charge in [0.1, 0.15) is 17.4 Å². The van der Waals surface area contributed by atoms with Crippen molar-refractivity contribution >= 4 is 34.4 Å². The van der Waals surface area contributed by atoms with Crippen LogP contribution >= 0.6 is 11.6 Å². The third-order valence-corrected chi connectivity index (χ3v) is 5.20. The molecule has 0 radical (unpaired) electrons. The molecule has 8 heteroatoms. The lowest BCUT2D eigenvalue weighted by Gasteiger charge is -2.22. The number of carbonyl (C=O) groups excluding carboxylic acids is 2. The van der Waals surface area contributed by atoms with E-state index in [0.29, 0.717) is 34.5 Å². The van der Waals surface area contributed by atoms with Crippen molar-refractivity contribution in [3.05, 3.63) is 38.7 Å². The maximum atomic E-state index is 12.5. The molecule has 0 unspecified atom stereocenters. The molecule has 1 atom stereocenters. The first kappa shape index (κ1) is 19.2. The lowest BCUT2D eigenvalue weighted by atomic mass is 10.1. The second kappa shape index (κ2) is 7.60. The van der Waals surface area contributed by atoms with Gasteiger partial charge < -0.3 is 18.8 Å². The Labute approximate surface area is 160 Å². The second-order valence-electron chi connectivity index (χ2n) is 6.48. The molecule has 1 amide bonds. The van der Waals surface area contributed by atoms with Gasteiger partial charge in [0.25, 0.3) is 5.91 Å². The highest BCUT2D eigenvalue weighted by molar-refractivity contribution is 6.32. The minimum absolute atomic E-state index is 0.234. The minimum Gasteiger partial charge on any atom is -0.482 e. The van der Waals surface area contributed by atoms with E-state index in [9.17, 15) is 14.4 Å². The topological polar surface area (TPSA) is 86.1 Å². The van der Waals surface area contributed by atoms with Crippen LogP contribution in [0.1, 0.15) is 24.0 Å². The van der Waals surface area contributed by atoms with Gasteiger partial charge in [-0.05, 0) is 38.3 Å². The van der Waals surface area contributed by atoms with Gasteiger partial charge in [-0.2, -0.15) is 0 Å². The highest BCUT2D eigenvalue weighted by atomic mass is 35.5. The maximum Gasteiger partial charge on any atom is 0.339 e. The fourth-order valence-electron chi connectivity index (χ4n) is 3.22. The number of hydrogen-bond donors (Lipinski definition) is 0. The average molecular weight is 394 g/mol. The van der Waals surface area contributed by atoms with E-state index in [4.69, 9.17) is 25.5 Å². The highest BCUT2D eigenvalue weighted by Gasteiger charge is 2.34. The van der Waals surface area contributed by atoms with Crippen LogP contribution in [0.25, 0.3) is 11.0 Å². The zero-order valence-corrected chi connectivity index (χ0v) is 16.1. The Kier molecular flexibility index (Phi) is 5.41. The van der Waals surface area contributed by atoms with Gasteiger partial charge in [0.15, 0.2) is 6.61 Å². The molecule has 1 aliphatic heterocycles. The molecule has 0 bridgehead atoms. The lowest BCUT2D eigenvalue weighted by Crippen LogP contribution is -2.43. The quantitative estimate of drug-likeness (QED) is 0.586. The van der Waals surface area contributed by atoms with E-state index >= 15 is 0 Å². The Balaban J connectivity index is 1.80. The summed E-state index contributed by atoms with van der Waals surface area (Å²) in [5.41, 5.74) is 1.21. The van der Waals surface area contributed by atoms with Gasteiger partial charge in [-0.25, -0.2) is 9.59 Å². The molecule has 1 aromatic heterocycles. The van der Waals surface area contributed by atoms with E-state index in [1.54, 1.807) is 13.0 Å². The van der Waals surface area contributed by atoms with E-state index in [-0.39, 0.29) is 18.3 Å². The van der Waals surface area contributed by atoms with Gasteiger partial charge >= 0.3 is 11.6 Å². The molecule has 0 saturated carbocycles. The zero-order chi connectivity index (χ0) is 19.7. The number of amides is 1. The van der Waals surface area contributed by atoms with E-state index in [1.165, 1.54) is 18.1 Å². The summed E-state index contributed by atoms with van der Waals surface area (Å²) in [6.07, 6.45) is 1.30. The monoisotopic (exact) mass is 393 g/mol. The van der Waals surface area contributed by atoms with Crippen molar-refractivity contribution in [1.29, 1.82) is 0 Å². The predicted molar refractivity (Wildman–Crippen MR) is 99.2 cm³/mol. The number of carbonyl (C=O) groups is 2. The highest BCUT2D eigenvalue weighted by Crippen LogP contribution is 2.32. The first-order chi connectivity index (χ1) is 12.8. The molecule has 3 rings (SSSR count). The number of hydrogen-bond acceptors (Lipinski definition) is 6. The minimum atomic E-state index is -0.582. The summed E-state index contributed by atoms with van der Waals surface area (Å²) in [4.78, 5) is 37.6. The molecule has 2 heterocycles. The van der Waals surface area contributed by atoms with E-state index in [2.05, 4.69) is 0 Å². The van der Waals surface area contributed by atoms with Crippen LogP contribution in [-0.2, 0) is 14.3 Å². The zero-order valence-electron chi connectivity index (χ0n) is 15.3. The molecule has 7 nitrogen and oxygen atoms in total. The molecule has 1 aromatic carbocycles. The lowest BCUT2D eigenvalue weighted by molar-refractivity contribution is -0.151. The summed E-state index contributed by atoms with van der Waals surface area (Å²) in [6.45, 7) is 3.69. The number of ether oxygens (including phenoxy) is 2. The fourth-order valence-corrected chi connectivity index (χ4v) is 3.44. The summed E-state index contributed by atoms with van der Waals surface area (Å²) in [6, 6.07) is 2.57. The molecular weight excluding hydrogens is 374 g/mol. The van der Waals surface area contributed by atoms with Crippen molar-refractivity contribution in [1.82, 2.24) is 4.90 Å². The number of halogens is 1. The van der Waals surface area contributed by atoms with Crippen LogP contribution in [0.2, 0.25) is 5.02 Å². The average Bonchev–Trinajstić information content (AvgIpc) is 3.14. The molecule has 27 heavy (non-hydrogen) atoms. The van der Waals surface area contributed by atoms with E-state index in [1.807, 2.05) is 6.92 Å². The standard InChI is InChI=1S/C19H20ClNO6/c1-10-11(2)18(23)27-15-8-16(13(20)7-12(10)15)26-9-17(22)21-6-4-5-14(21)19(24)25-3/h7-8,14H,4-6,9H2,1-3H3/t14-/m1/s1. The maximum absolute atomic E-state index is 12.5. The summed E-state index contributed by atoms with van der Waals surface area (Å²) < 4.78 is 15.6. The number of nitrogens with zero attached hydrogens (tertiary/aromatic N) is 1. The summed E-state index contributed by atoms with van der Waals surface area (Å²) >= 11 is 6.27. The number of esters is 1. The van der Waals surface area contributed by atoms with Crippen LogP contribution in [0, 0.1) is 13.8 Å². The van der Waals surface area contributed by atoms with Crippen LogP contribution in [-0.4, -0.2) is 43.1 Å². The first-order valence-electron chi connectivity index (χ1n) is 8.57. The number of aryl methyl sites for hydroxylation is 1. The summed E-state index contributed by atoms with van der Waals surface area (Å²) in [5.74, 6) is -0.532. The molecule has 1 saturated heterocycles. The fraction of sp³-hybridized carbons (Fsp3) is 0.421. The molecule has 0 spiro atoms. The third-order valence-electron chi connectivity index (χ3n) is 4.91. The number of benzene rings is 1. The van der Waals surface area contributed by atoms with Crippen molar-refractivity contribution in [3.8, 4) is 5.75 Å². The summed E-state index contributed by atoms with van der Waals surface area (Å²) in [5, 5.41) is 1.01. The van der Waals surface area contributed by atoms with E-state index in [0.717, 1.165) is 12.0 Å². The molecule has 144 valence electrons. The van der Waals surface area contributed by atoms with Crippen LogP contribution in [0.5, 0.6) is 5.75 Å². The number of methoxy groups -OCH3 is 1. The summed E-state index contributed by atoms with van der Waals surface area (Å²) in [7, 11) is 1.30. The van der Waals surface area contributed by atoms with Gasteiger partial charge in [0.05, 0.1) is 12.1 Å². The van der Waals surface area contributed by atoms with Crippen LogP contribution in [0.15, 0.2) is 21.3 Å². The molecule has 1 fully saturated rings. The van der Waals surface area contributed by atoms with Gasteiger partial charge in [0.2, 0.25) is 0 Å². The van der Waals surface area contributed by atoms with Gasteiger partial charge in [0, 0.05) is 23.6 Å². The second-order valence-corrected chi connectivity index (χ2v) is 6.88. The van der Waals surface area contributed by atoms with Gasteiger partial charge in [-0.3, -0.25) is 4.79 Å². The Morgan fingerprint density at radius 1 is 1.30 bits per heavy atom. The SMILES string of the molecule is COC(=O)[C@H]1CCCN1C(=O)COc1cc2oc(=O)c(C)c(C)c2cc1Cl.